The van der Waals surface area contributed by atoms with Crippen molar-refractivity contribution in [1.29, 1.82) is 0 Å². The first-order valence-corrected chi connectivity index (χ1v) is 9.02. The fourth-order valence-corrected chi connectivity index (χ4v) is 3.47. The molecule has 8 heteroatoms. The average molecular weight is 373 g/mol. The van der Waals surface area contributed by atoms with E-state index < -0.39 is 54.0 Å². The van der Waals surface area contributed by atoms with Gasteiger partial charge in [-0.25, -0.2) is 0 Å². The molecule has 8 nitrogen and oxygen atoms in total. The van der Waals surface area contributed by atoms with E-state index >= 15 is 0 Å². The first kappa shape index (κ1) is 22.4. The Morgan fingerprint density at radius 3 is 1.96 bits per heavy atom. The quantitative estimate of drug-likeness (QED) is 0.503. The number of carboxylic acids is 2. The molecule has 0 aliphatic carbocycles. The second-order valence-corrected chi connectivity index (χ2v) is 7.96. The van der Waals surface area contributed by atoms with Crippen LogP contribution in [0.1, 0.15) is 53.4 Å². The summed E-state index contributed by atoms with van der Waals surface area (Å²) in [5.74, 6) is -3.76. The minimum atomic E-state index is -1.10. The second kappa shape index (κ2) is 9.32. The van der Waals surface area contributed by atoms with Crippen LogP contribution in [0.4, 0.5) is 0 Å². The monoisotopic (exact) mass is 373 g/mol. The molecular formula is C18H31NO7. The summed E-state index contributed by atoms with van der Waals surface area (Å²) in [7, 11) is 0. The Morgan fingerprint density at radius 2 is 1.54 bits per heavy atom. The SMILES string of the molecule is CCC[C@H]1O[C@@H](CO)[C@@H](CC(=O)O)[C@@H](CC(=O)O)[C@@H]1NC(=O)C(C)(C)C. The van der Waals surface area contributed by atoms with Crippen molar-refractivity contribution in [2.45, 2.75) is 71.6 Å². The van der Waals surface area contributed by atoms with E-state index in [0.717, 1.165) is 6.42 Å². The van der Waals surface area contributed by atoms with Crippen molar-refractivity contribution < 1.29 is 34.4 Å². The zero-order chi connectivity index (χ0) is 20.1. The molecule has 0 aromatic carbocycles. The Hall–Kier alpha value is -1.67. The van der Waals surface area contributed by atoms with Gasteiger partial charge in [-0.3, -0.25) is 14.4 Å². The van der Waals surface area contributed by atoms with Gasteiger partial charge in [0.2, 0.25) is 5.91 Å². The highest BCUT2D eigenvalue weighted by molar-refractivity contribution is 5.81. The number of aliphatic hydroxyl groups excluding tert-OH is 1. The molecule has 0 bridgehead atoms. The third-order valence-electron chi connectivity index (χ3n) is 4.79. The predicted octanol–water partition coefficient (Wildman–Crippen LogP) is 1.26. The molecule has 0 unspecified atom stereocenters. The molecular weight excluding hydrogens is 342 g/mol. The summed E-state index contributed by atoms with van der Waals surface area (Å²) in [6.45, 7) is 6.79. The van der Waals surface area contributed by atoms with Crippen molar-refractivity contribution in [2.24, 2.45) is 17.3 Å². The van der Waals surface area contributed by atoms with Gasteiger partial charge >= 0.3 is 11.9 Å². The molecule has 1 fully saturated rings. The van der Waals surface area contributed by atoms with Gasteiger partial charge in [-0.05, 0) is 12.3 Å². The van der Waals surface area contributed by atoms with Crippen LogP contribution < -0.4 is 5.32 Å². The molecule has 0 aromatic heterocycles. The zero-order valence-corrected chi connectivity index (χ0v) is 15.9. The average Bonchev–Trinajstić information content (AvgIpc) is 2.50. The Bertz CT molecular complexity index is 514. The van der Waals surface area contributed by atoms with Crippen LogP contribution in [-0.4, -0.2) is 58.0 Å². The maximum absolute atomic E-state index is 12.5. The summed E-state index contributed by atoms with van der Waals surface area (Å²) >= 11 is 0. The molecule has 0 spiro atoms. The van der Waals surface area contributed by atoms with Crippen LogP contribution in [0.3, 0.4) is 0 Å². The summed E-state index contributed by atoms with van der Waals surface area (Å²) in [4.78, 5) is 35.2. The largest absolute Gasteiger partial charge is 0.481 e. The van der Waals surface area contributed by atoms with Crippen LogP contribution in [0.2, 0.25) is 0 Å². The Balaban J connectivity index is 3.25. The molecule has 1 rings (SSSR count). The Kier molecular flexibility index (Phi) is 8.02. The van der Waals surface area contributed by atoms with E-state index in [2.05, 4.69) is 5.32 Å². The van der Waals surface area contributed by atoms with Crippen LogP contribution in [0.5, 0.6) is 0 Å². The number of aliphatic carboxylic acids is 2. The molecule has 1 heterocycles. The summed E-state index contributed by atoms with van der Waals surface area (Å²) in [6.07, 6.45) is -0.556. The lowest BCUT2D eigenvalue weighted by atomic mass is 9.73. The van der Waals surface area contributed by atoms with Crippen molar-refractivity contribution in [3.63, 3.8) is 0 Å². The molecule has 0 saturated carbocycles. The summed E-state index contributed by atoms with van der Waals surface area (Å²) in [5, 5.41) is 31.1. The van der Waals surface area contributed by atoms with Crippen LogP contribution in [-0.2, 0) is 19.1 Å². The van der Waals surface area contributed by atoms with Crippen molar-refractivity contribution in [3.8, 4) is 0 Å². The summed E-state index contributed by atoms with van der Waals surface area (Å²) < 4.78 is 5.91. The van der Waals surface area contributed by atoms with Crippen molar-refractivity contribution in [3.05, 3.63) is 0 Å². The van der Waals surface area contributed by atoms with E-state index in [0.29, 0.717) is 6.42 Å². The number of rotatable bonds is 8. The zero-order valence-electron chi connectivity index (χ0n) is 15.9. The molecule has 150 valence electrons. The van der Waals surface area contributed by atoms with Crippen LogP contribution in [0.15, 0.2) is 0 Å². The van der Waals surface area contributed by atoms with Crippen molar-refractivity contribution >= 4 is 17.8 Å². The molecule has 1 saturated heterocycles. The number of hydrogen-bond acceptors (Lipinski definition) is 5. The lowest BCUT2D eigenvalue weighted by Gasteiger charge is -2.47. The van der Waals surface area contributed by atoms with Gasteiger partial charge in [0.1, 0.15) is 0 Å². The van der Waals surface area contributed by atoms with Gasteiger partial charge in [-0.15, -0.1) is 0 Å². The van der Waals surface area contributed by atoms with Gasteiger partial charge < -0.3 is 25.4 Å². The maximum Gasteiger partial charge on any atom is 0.303 e. The summed E-state index contributed by atoms with van der Waals surface area (Å²) in [6, 6.07) is -0.620. The lowest BCUT2D eigenvalue weighted by molar-refractivity contribution is -0.170. The number of carbonyl (C=O) groups excluding carboxylic acids is 1. The fraction of sp³-hybridized carbons (Fsp3) is 0.833. The van der Waals surface area contributed by atoms with Gasteiger partial charge in [0, 0.05) is 11.3 Å². The smallest absolute Gasteiger partial charge is 0.303 e. The standard InChI is InChI=1S/C18H31NO7/c1-5-6-12-16(19-17(25)18(2,3)4)11(8-15(23)24)10(7-14(21)22)13(9-20)26-12/h10-13,16,20H,5-9H2,1-4H3,(H,19,25)(H,21,22)(H,23,24)/t10-,11+,12+,13-,16-/m0/s1. The maximum atomic E-state index is 12.5. The van der Waals surface area contributed by atoms with Crippen LogP contribution in [0.25, 0.3) is 0 Å². The van der Waals surface area contributed by atoms with Gasteiger partial charge in [0.05, 0.1) is 37.7 Å². The topological polar surface area (TPSA) is 133 Å². The highest BCUT2D eigenvalue weighted by Gasteiger charge is 2.47. The molecule has 0 radical (unpaired) electrons. The number of nitrogens with one attached hydrogen (secondary N) is 1. The van der Waals surface area contributed by atoms with Gasteiger partial charge in [-0.1, -0.05) is 34.1 Å². The van der Waals surface area contributed by atoms with E-state index in [1.807, 2.05) is 6.92 Å². The first-order valence-electron chi connectivity index (χ1n) is 9.02. The van der Waals surface area contributed by atoms with E-state index in [1.54, 1.807) is 20.8 Å². The molecule has 4 N–H and O–H groups in total. The minimum Gasteiger partial charge on any atom is -0.481 e. The Labute approximate surface area is 153 Å². The molecule has 26 heavy (non-hydrogen) atoms. The predicted molar refractivity (Wildman–Crippen MR) is 93.5 cm³/mol. The van der Waals surface area contributed by atoms with E-state index in [4.69, 9.17) is 4.74 Å². The summed E-state index contributed by atoms with van der Waals surface area (Å²) in [5.41, 5.74) is -0.680. The van der Waals surface area contributed by atoms with E-state index in [1.165, 1.54) is 0 Å². The number of carboxylic acid groups (broad SMARTS) is 2. The lowest BCUT2D eigenvalue weighted by Crippen LogP contribution is -2.60. The van der Waals surface area contributed by atoms with Crippen LogP contribution in [0, 0.1) is 17.3 Å². The number of carbonyl (C=O) groups is 3. The fourth-order valence-electron chi connectivity index (χ4n) is 3.47. The normalized spacial score (nSPS) is 29.2. The van der Waals surface area contributed by atoms with Crippen molar-refractivity contribution in [1.82, 2.24) is 5.32 Å². The van der Waals surface area contributed by atoms with Crippen LogP contribution >= 0.6 is 0 Å². The molecule has 5 atom stereocenters. The van der Waals surface area contributed by atoms with Gasteiger partial charge in [0.25, 0.3) is 0 Å². The molecule has 1 aliphatic rings. The third-order valence-corrected chi connectivity index (χ3v) is 4.79. The highest BCUT2D eigenvalue weighted by Crippen LogP contribution is 2.37. The molecule has 1 aliphatic heterocycles. The van der Waals surface area contributed by atoms with E-state index in [9.17, 15) is 29.7 Å². The molecule has 1 amide bonds. The molecule has 0 aromatic rings. The minimum absolute atomic E-state index is 0.251. The Morgan fingerprint density at radius 1 is 1.00 bits per heavy atom. The van der Waals surface area contributed by atoms with Gasteiger partial charge in [-0.2, -0.15) is 0 Å². The van der Waals surface area contributed by atoms with Crippen molar-refractivity contribution in [2.75, 3.05) is 6.61 Å². The van der Waals surface area contributed by atoms with Gasteiger partial charge in [0.15, 0.2) is 0 Å². The number of ether oxygens (including phenoxy) is 1. The van der Waals surface area contributed by atoms with E-state index in [-0.39, 0.29) is 18.7 Å². The highest BCUT2D eigenvalue weighted by atomic mass is 16.5. The number of amides is 1. The third kappa shape index (κ3) is 5.95. The number of hydrogen-bond donors (Lipinski definition) is 4. The first-order chi connectivity index (χ1) is 12.0. The number of aliphatic hydroxyl groups is 1. The second-order valence-electron chi connectivity index (χ2n) is 7.96.